The topological polar surface area (TPSA) is 91.5 Å². The summed E-state index contributed by atoms with van der Waals surface area (Å²) >= 11 is 11.0. The van der Waals surface area contributed by atoms with Gasteiger partial charge in [-0.2, -0.15) is 0 Å². The maximum Gasteiger partial charge on any atom is 0.256 e. The van der Waals surface area contributed by atoms with Gasteiger partial charge in [0.15, 0.2) is 0 Å². The van der Waals surface area contributed by atoms with Gasteiger partial charge in [-0.1, -0.05) is 5.16 Å². The largest absolute Gasteiger partial charge is 0.388 e. The van der Waals surface area contributed by atoms with Gasteiger partial charge in [0.05, 0.1) is 23.6 Å². The third kappa shape index (κ3) is 3.67. The zero-order valence-corrected chi connectivity index (χ0v) is 10.7. The van der Waals surface area contributed by atoms with Gasteiger partial charge < -0.3 is 24.9 Å². The number of hydrogen-bond acceptors (Lipinski definition) is 6. The molecule has 1 fully saturated rings. The zero-order valence-electron chi connectivity index (χ0n) is 9.16. The molecule has 1 rings (SSSR count). The van der Waals surface area contributed by atoms with Crippen molar-refractivity contribution < 1.29 is 24.9 Å². The fourth-order valence-corrected chi connectivity index (χ4v) is 1.69. The van der Waals surface area contributed by atoms with Crippen molar-refractivity contribution in [2.24, 2.45) is 5.16 Å². The number of alkyl halides is 2. The van der Waals surface area contributed by atoms with Crippen LogP contribution in [0.1, 0.15) is 6.92 Å². The van der Waals surface area contributed by atoms with Gasteiger partial charge in [-0.25, -0.2) is 0 Å². The molecule has 1 heterocycles. The molecule has 5 atom stereocenters. The summed E-state index contributed by atoms with van der Waals surface area (Å²) in [5, 5.41) is 32.1. The maximum absolute atomic E-state index is 9.59. The highest BCUT2D eigenvalue weighted by molar-refractivity contribution is 6.36. The van der Waals surface area contributed by atoms with Crippen molar-refractivity contribution in [3.8, 4) is 0 Å². The van der Waals surface area contributed by atoms with Crippen LogP contribution in [0.2, 0.25) is 0 Å². The van der Waals surface area contributed by atoms with E-state index in [2.05, 4.69) is 5.16 Å². The van der Waals surface area contributed by atoms with Crippen molar-refractivity contribution >= 4 is 28.9 Å². The minimum Gasteiger partial charge on any atom is -0.388 e. The van der Waals surface area contributed by atoms with E-state index in [9.17, 15) is 15.3 Å². The number of rotatable bonds is 4. The predicted molar refractivity (Wildman–Crippen MR) is 62.3 cm³/mol. The van der Waals surface area contributed by atoms with Gasteiger partial charge in [0, 0.05) is 0 Å². The van der Waals surface area contributed by atoms with Gasteiger partial charge in [-0.3, -0.25) is 0 Å². The molecule has 0 aromatic heterocycles. The SMILES string of the molecule is C[C@@H]1O[C@@H](ON=C(CCl)CCl)[C@@H](O)[C@H](O)[C@@H]1O. The summed E-state index contributed by atoms with van der Waals surface area (Å²) in [5.74, 6) is 0.181. The van der Waals surface area contributed by atoms with E-state index in [1.807, 2.05) is 0 Å². The fraction of sp³-hybridized carbons (Fsp3) is 0.889. The quantitative estimate of drug-likeness (QED) is 0.374. The Morgan fingerprint density at radius 1 is 1.18 bits per heavy atom. The Labute approximate surface area is 109 Å². The molecule has 1 saturated heterocycles. The van der Waals surface area contributed by atoms with Crippen molar-refractivity contribution in [1.82, 2.24) is 0 Å². The number of ether oxygens (including phenoxy) is 1. The molecule has 0 unspecified atom stereocenters. The third-order valence-corrected chi connectivity index (χ3v) is 3.02. The van der Waals surface area contributed by atoms with E-state index in [-0.39, 0.29) is 11.8 Å². The van der Waals surface area contributed by atoms with Gasteiger partial charge >= 0.3 is 0 Å². The van der Waals surface area contributed by atoms with Crippen LogP contribution >= 0.6 is 23.2 Å². The standard InChI is InChI=1S/C9H15Cl2NO5/c1-4-6(13)7(14)8(15)9(16-4)17-12-5(2-10)3-11/h4,6-9,13-15H,2-3H2,1H3/t4-,6+,7+,8-,9-/m0/s1. The summed E-state index contributed by atoms with van der Waals surface area (Å²) in [7, 11) is 0. The van der Waals surface area contributed by atoms with E-state index in [0.717, 1.165) is 0 Å². The van der Waals surface area contributed by atoms with Crippen LogP contribution in [-0.4, -0.2) is 63.5 Å². The molecule has 3 N–H and O–H groups in total. The minimum absolute atomic E-state index is 0.0903. The van der Waals surface area contributed by atoms with Crippen molar-refractivity contribution in [3.05, 3.63) is 0 Å². The Hall–Kier alpha value is -0.110. The lowest BCUT2D eigenvalue weighted by Gasteiger charge is -2.37. The van der Waals surface area contributed by atoms with Crippen LogP contribution < -0.4 is 0 Å². The molecule has 0 radical (unpaired) electrons. The van der Waals surface area contributed by atoms with Gasteiger partial charge in [0.1, 0.15) is 18.3 Å². The van der Waals surface area contributed by atoms with Crippen molar-refractivity contribution in [2.45, 2.75) is 37.6 Å². The molecule has 1 aliphatic rings. The van der Waals surface area contributed by atoms with E-state index >= 15 is 0 Å². The minimum atomic E-state index is -1.39. The average molecular weight is 288 g/mol. The monoisotopic (exact) mass is 287 g/mol. The molecule has 0 aromatic carbocycles. The second-order valence-corrected chi connectivity index (χ2v) is 4.25. The molecule has 6 nitrogen and oxygen atoms in total. The number of aliphatic hydroxyl groups is 3. The molecule has 0 aliphatic carbocycles. The highest BCUT2D eigenvalue weighted by Crippen LogP contribution is 2.21. The summed E-state index contributed by atoms with van der Waals surface area (Å²) < 4.78 is 5.15. The molecule has 17 heavy (non-hydrogen) atoms. The molecule has 1 aliphatic heterocycles. The van der Waals surface area contributed by atoms with Crippen LogP contribution in [0.25, 0.3) is 0 Å². The van der Waals surface area contributed by atoms with Gasteiger partial charge in [0.25, 0.3) is 6.29 Å². The van der Waals surface area contributed by atoms with Crippen LogP contribution in [-0.2, 0) is 9.57 Å². The second-order valence-electron chi connectivity index (χ2n) is 3.71. The number of nitrogens with zero attached hydrogens (tertiary/aromatic N) is 1. The van der Waals surface area contributed by atoms with Crippen molar-refractivity contribution in [1.29, 1.82) is 0 Å². The Morgan fingerprint density at radius 3 is 2.29 bits per heavy atom. The van der Waals surface area contributed by atoms with Crippen LogP contribution in [0, 0.1) is 0 Å². The summed E-state index contributed by atoms with van der Waals surface area (Å²) in [6.07, 6.45) is -5.76. The lowest BCUT2D eigenvalue weighted by atomic mass is 10.0. The van der Waals surface area contributed by atoms with Gasteiger partial charge in [-0.05, 0) is 6.92 Å². The molecular weight excluding hydrogens is 273 g/mol. The summed E-state index contributed by atoms with van der Waals surface area (Å²) in [4.78, 5) is 4.90. The number of aliphatic hydroxyl groups excluding tert-OH is 3. The van der Waals surface area contributed by atoms with Gasteiger partial charge in [0.2, 0.25) is 0 Å². The summed E-state index contributed by atoms with van der Waals surface area (Å²) in [5.41, 5.74) is 0.373. The van der Waals surface area contributed by atoms with Gasteiger partial charge in [-0.15, -0.1) is 23.2 Å². The maximum atomic E-state index is 9.59. The first kappa shape index (κ1) is 14.9. The van der Waals surface area contributed by atoms with E-state index in [4.69, 9.17) is 32.8 Å². The Morgan fingerprint density at radius 2 is 1.76 bits per heavy atom. The lowest BCUT2D eigenvalue weighted by Crippen LogP contribution is -2.57. The second kappa shape index (κ2) is 6.72. The van der Waals surface area contributed by atoms with E-state index in [0.29, 0.717) is 5.71 Å². The molecule has 0 saturated carbocycles. The lowest BCUT2D eigenvalue weighted by molar-refractivity contribution is -0.293. The first-order valence-corrected chi connectivity index (χ1v) is 6.11. The predicted octanol–water partition coefficient (Wildman–Crippen LogP) is -0.336. The molecule has 0 spiro atoms. The molecule has 8 heteroatoms. The number of oxime groups is 1. The molecule has 0 aromatic rings. The van der Waals surface area contributed by atoms with E-state index < -0.39 is 30.7 Å². The Kier molecular flexibility index (Phi) is 5.91. The van der Waals surface area contributed by atoms with E-state index in [1.165, 1.54) is 0 Å². The number of halogens is 2. The zero-order chi connectivity index (χ0) is 13.0. The first-order valence-electron chi connectivity index (χ1n) is 5.04. The highest BCUT2D eigenvalue weighted by atomic mass is 35.5. The smallest absolute Gasteiger partial charge is 0.256 e. The Balaban J connectivity index is 2.62. The Bertz CT molecular complexity index is 272. The van der Waals surface area contributed by atoms with Crippen LogP contribution in [0.4, 0.5) is 0 Å². The van der Waals surface area contributed by atoms with Crippen molar-refractivity contribution in [3.63, 3.8) is 0 Å². The van der Waals surface area contributed by atoms with Crippen LogP contribution in [0.5, 0.6) is 0 Å². The number of hydrogen-bond donors (Lipinski definition) is 3. The third-order valence-electron chi connectivity index (χ3n) is 2.40. The molecule has 100 valence electrons. The normalized spacial score (nSPS) is 37.6. The molecule has 0 amide bonds. The highest BCUT2D eigenvalue weighted by Gasteiger charge is 2.43. The average Bonchev–Trinajstić information content (AvgIpc) is 2.33. The van der Waals surface area contributed by atoms with Crippen LogP contribution in [0.3, 0.4) is 0 Å². The molecule has 0 bridgehead atoms. The van der Waals surface area contributed by atoms with Crippen LogP contribution in [0.15, 0.2) is 5.16 Å². The van der Waals surface area contributed by atoms with E-state index in [1.54, 1.807) is 6.92 Å². The fourth-order valence-electron chi connectivity index (χ4n) is 1.31. The first-order chi connectivity index (χ1) is 8.01. The van der Waals surface area contributed by atoms with Crippen molar-refractivity contribution in [2.75, 3.05) is 11.8 Å². The molecular formula is C9H15Cl2NO5. The summed E-state index contributed by atoms with van der Waals surface area (Å²) in [6.45, 7) is 1.55. The summed E-state index contributed by atoms with van der Waals surface area (Å²) in [6, 6.07) is 0.